The third-order valence-electron chi connectivity index (χ3n) is 6.75. The number of aromatic nitrogens is 5. The van der Waals surface area contributed by atoms with Gasteiger partial charge in [-0.3, -0.25) is 9.69 Å². The fraction of sp³-hybridized carbons (Fsp3) is 0.440. The SMILES string of the molecule is CCC(c1nnnn1Cc1ccco1)N(Cc1cc2cc(C)ccc2[nH]c1=O)C1CCCC1. The van der Waals surface area contributed by atoms with Crippen LogP contribution in [0.15, 0.2) is 51.9 Å². The average molecular weight is 447 g/mol. The van der Waals surface area contributed by atoms with Gasteiger partial charge in [-0.2, -0.15) is 0 Å². The van der Waals surface area contributed by atoms with Gasteiger partial charge in [0.05, 0.1) is 12.3 Å². The van der Waals surface area contributed by atoms with Gasteiger partial charge in [0.1, 0.15) is 12.3 Å². The summed E-state index contributed by atoms with van der Waals surface area (Å²) in [5.41, 5.74) is 2.80. The molecule has 1 aromatic carbocycles. The summed E-state index contributed by atoms with van der Waals surface area (Å²) in [6, 6.07) is 12.4. The molecule has 1 unspecified atom stereocenters. The summed E-state index contributed by atoms with van der Waals surface area (Å²) in [4.78, 5) is 18.5. The highest BCUT2D eigenvalue weighted by atomic mass is 16.3. The lowest BCUT2D eigenvalue weighted by atomic mass is 10.0. The van der Waals surface area contributed by atoms with Crippen molar-refractivity contribution in [1.29, 1.82) is 0 Å². The van der Waals surface area contributed by atoms with Gasteiger partial charge in [-0.15, -0.1) is 5.10 Å². The monoisotopic (exact) mass is 446 g/mol. The second-order valence-electron chi connectivity index (χ2n) is 9.02. The summed E-state index contributed by atoms with van der Waals surface area (Å²) in [7, 11) is 0. The van der Waals surface area contributed by atoms with Crippen LogP contribution in [-0.4, -0.2) is 36.1 Å². The zero-order chi connectivity index (χ0) is 22.8. The minimum atomic E-state index is -0.0284. The number of benzene rings is 1. The molecule has 1 aliphatic carbocycles. The van der Waals surface area contributed by atoms with Gasteiger partial charge in [0.15, 0.2) is 5.82 Å². The molecule has 3 aromatic heterocycles. The minimum Gasteiger partial charge on any atom is -0.467 e. The fourth-order valence-corrected chi connectivity index (χ4v) is 5.09. The number of hydrogen-bond acceptors (Lipinski definition) is 6. The van der Waals surface area contributed by atoms with E-state index in [1.165, 1.54) is 18.4 Å². The van der Waals surface area contributed by atoms with E-state index in [9.17, 15) is 4.79 Å². The summed E-state index contributed by atoms with van der Waals surface area (Å²) in [5.74, 6) is 1.63. The van der Waals surface area contributed by atoms with Crippen LogP contribution in [0.1, 0.15) is 67.8 Å². The van der Waals surface area contributed by atoms with Crippen molar-refractivity contribution >= 4 is 10.9 Å². The number of hydrogen-bond donors (Lipinski definition) is 1. The van der Waals surface area contributed by atoms with Crippen LogP contribution < -0.4 is 5.56 Å². The minimum absolute atomic E-state index is 0.00525. The quantitative estimate of drug-likeness (QED) is 0.432. The van der Waals surface area contributed by atoms with Crippen LogP contribution in [0.3, 0.4) is 0 Å². The lowest BCUT2D eigenvalue weighted by Gasteiger charge is -2.35. The standard InChI is InChI=1S/C25H30N6O2/c1-3-23(24-27-28-29-31(24)16-21-9-6-12-33-21)30(20-7-4-5-8-20)15-19-14-18-13-17(2)10-11-22(18)26-25(19)32/h6,9-14,20,23H,3-5,7-8,15-16H2,1-2H3,(H,26,32). The van der Waals surface area contributed by atoms with E-state index >= 15 is 0 Å². The van der Waals surface area contributed by atoms with E-state index in [0.29, 0.717) is 19.1 Å². The van der Waals surface area contributed by atoms with Crippen molar-refractivity contribution in [1.82, 2.24) is 30.1 Å². The number of fused-ring (bicyclic) bond motifs is 1. The number of tetrazole rings is 1. The molecule has 8 heteroatoms. The van der Waals surface area contributed by atoms with Crippen LogP contribution in [-0.2, 0) is 13.1 Å². The number of furan rings is 1. The Morgan fingerprint density at radius 1 is 1.24 bits per heavy atom. The Balaban J connectivity index is 1.51. The Morgan fingerprint density at radius 3 is 2.85 bits per heavy atom. The zero-order valence-corrected chi connectivity index (χ0v) is 19.2. The number of aromatic amines is 1. The molecule has 1 fully saturated rings. The molecule has 5 rings (SSSR count). The summed E-state index contributed by atoms with van der Waals surface area (Å²) >= 11 is 0. The summed E-state index contributed by atoms with van der Waals surface area (Å²) < 4.78 is 7.34. The van der Waals surface area contributed by atoms with Crippen molar-refractivity contribution < 1.29 is 4.42 Å². The molecule has 172 valence electrons. The van der Waals surface area contributed by atoms with Gasteiger partial charge in [0.25, 0.3) is 5.56 Å². The first-order valence-electron chi connectivity index (χ1n) is 11.8. The predicted octanol–water partition coefficient (Wildman–Crippen LogP) is 4.36. The zero-order valence-electron chi connectivity index (χ0n) is 19.2. The van der Waals surface area contributed by atoms with Crippen molar-refractivity contribution in [2.24, 2.45) is 0 Å². The predicted molar refractivity (Wildman–Crippen MR) is 126 cm³/mol. The molecule has 8 nitrogen and oxygen atoms in total. The molecule has 1 N–H and O–H groups in total. The summed E-state index contributed by atoms with van der Waals surface area (Å²) in [6.45, 7) is 5.28. The van der Waals surface area contributed by atoms with Gasteiger partial charge in [0, 0.05) is 23.7 Å². The van der Waals surface area contributed by atoms with Crippen molar-refractivity contribution in [2.75, 3.05) is 0 Å². The largest absolute Gasteiger partial charge is 0.467 e. The van der Waals surface area contributed by atoms with Crippen molar-refractivity contribution in [3.05, 3.63) is 75.7 Å². The van der Waals surface area contributed by atoms with Gasteiger partial charge in [-0.25, -0.2) is 4.68 Å². The van der Waals surface area contributed by atoms with Gasteiger partial charge < -0.3 is 9.40 Å². The smallest absolute Gasteiger partial charge is 0.252 e. The van der Waals surface area contributed by atoms with Gasteiger partial charge >= 0.3 is 0 Å². The maximum Gasteiger partial charge on any atom is 0.252 e. The number of nitrogens with one attached hydrogen (secondary N) is 1. The van der Waals surface area contributed by atoms with Gasteiger partial charge in [-0.05, 0) is 72.3 Å². The highest BCUT2D eigenvalue weighted by Gasteiger charge is 2.32. The Labute approximate surface area is 192 Å². The van der Waals surface area contributed by atoms with E-state index in [0.717, 1.165) is 47.3 Å². The van der Waals surface area contributed by atoms with E-state index in [-0.39, 0.29) is 11.6 Å². The van der Waals surface area contributed by atoms with E-state index in [1.54, 1.807) is 6.26 Å². The van der Waals surface area contributed by atoms with Crippen LogP contribution in [0.2, 0.25) is 0 Å². The van der Waals surface area contributed by atoms with E-state index < -0.39 is 0 Å². The van der Waals surface area contributed by atoms with E-state index in [2.05, 4.69) is 45.3 Å². The summed E-state index contributed by atoms with van der Waals surface area (Å²) in [6.07, 6.45) is 7.18. The van der Waals surface area contributed by atoms with Crippen LogP contribution in [0.5, 0.6) is 0 Å². The lowest BCUT2D eigenvalue weighted by Crippen LogP contribution is -2.39. The fourth-order valence-electron chi connectivity index (χ4n) is 5.09. The van der Waals surface area contributed by atoms with Crippen molar-refractivity contribution in [3.63, 3.8) is 0 Å². The highest BCUT2D eigenvalue weighted by molar-refractivity contribution is 5.79. The second kappa shape index (κ2) is 9.31. The average Bonchev–Trinajstić information content (AvgIpc) is 3.58. The Morgan fingerprint density at radius 2 is 2.09 bits per heavy atom. The highest BCUT2D eigenvalue weighted by Crippen LogP contribution is 2.33. The van der Waals surface area contributed by atoms with Gasteiger partial charge in [-0.1, -0.05) is 31.4 Å². The molecule has 1 aliphatic rings. The first kappa shape index (κ1) is 21.6. The molecule has 0 spiro atoms. The number of H-pyrrole nitrogens is 1. The third-order valence-corrected chi connectivity index (χ3v) is 6.75. The first-order valence-corrected chi connectivity index (χ1v) is 11.8. The number of aryl methyl sites for hydroxylation is 1. The molecular formula is C25H30N6O2. The Hall–Kier alpha value is -3.26. The van der Waals surface area contributed by atoms with Crippen LogP contribution in [0.4, 0.5) is 0 Å². The molecule has 1 saturated carbocycles. The maximum atomic E-state index is 13.0. The van der Waals surface area contributed by atoms with Crippen molar-refractivity contribution in [2.45, 2.75) is 71.1 Å². The molecule has 33 heavy (non-hydrogen) atoms. The molecule has 0 aliphatic heterocycles. The number of pyridine rings is 1. The maximum absolute atomic E-state index is 13.0. The van der Waals surface area contributed by atoms with Crippen LogP contribution in [0, 0.1) is 6.92 Å². The molecular weight excluding hydrogens is 416 g/mol. The van der Waals surface area contributed by atoms with Gasteiger partial charge in [0.2, 0.25) is 0 Å². The normalized spacial score (nSPS) is 15.6. The van der Waals surface area contributed by atoms with E-state index in [1.807, 2.05) is 35.0 Å². The van der Waals surface area contributed by atoms with E-state index in [4.69, 9.17) is 4.42 Å². The topological polar surface area (TPSA) is 92.8 Å². The number of nitrogens with zero attached hydrogens (tertiary/aromatic N) is 5. The molecule has 1 atom stereocenters. The van der Waals surface area contributed by atoms with Crippen LogP contribution >= 0.6 is 0 Å². The lowest BCUT2D eigenvalue weighted by molar-refractivity contribution is 0.112. The molecule has 3 heterocycles. The third kappa shape index (κ3) is 4.48. The molecule has 4 aromatic rings. The molecule has 0 saturated heterocycles. The molecule has 0 amide bonds. The Bertz CT molecular complexity index is 1270. The first-order chi connectivity index (χ1) is 16.1. The van der Waals surface area contributed by atoms with Crippen molar-refractivity contribution in [3.8, 4) is 0 Å². The summed E-state index contributed by atoms with van der Waals surface area (Å²) in [5, 5.41) is 13.7. The molecule has 0 bridgehead atoms. The molecule has 0 radical (unpaired) electrons. The number of rotatable bonds is 8. The van der Waals surface area contributed by atoms with Crippen LogP contribution in [0.25, 0.3) is 10.9 Å². The second-order valence-corrected chi connectivity index (χ2v) is 9.02. The Kier molecular flexibility index (Phi) is 6.09.